The number of ether oxygens (including phenoxy) is 1. The fourth-order valence-corrected chi connectivity index (χ4v) is 3.12. The van der Waals surface area contributed by atoms with Gasteiger partial charge in [0.2, 0.25) is 5.91 Å². The van der Waals surface area contributed by atoms with Crippen molar-refractivity contribution in [3.63, 3.8) is 0 Å². The first-order valence-corrected chi connectivity index (χ1v) is 8.93. The van der Waals surface area contributed by atoms with Gasteiger partial charge in [0.15, 0.2) is 0 Å². The lowest BCUT2D eigenvalue weighted by Gasteiger charge is -2.02. The van der Waals surface area contributed by atoms with Crippen LogP contribution in [0.3, 0.4) is 0 Å². The van der Waals surface area contributed by atoms with Gasteiger partial charge in [0.05, 0.1) is 13.7 Å². The van der Waals surface area contributed by atoms with Crippen molar-refractivity contribution in [3.8, 4) is 17.1 Å². The number of rotatable bonds is 7. The van der Waals surface area contributed by atoms with E-state index >= 15 is 0 Å². The average Bonchev–Trinajstić information content (AvgIpc) is 3.27. The minimum absolute atomic E-state index is 0.00440. The first-order chi connectivity index (χ1) is 12.1. The van der Waals surface area contributed by atoms with Gasteiger partial charge in [0.1, 0.15) is 22.3 Å². The number of hydrogen-bond donors (Lipinski definition) is 1. The van der Waals surface area contributed by atoms with Gasteiger partial charge in [0.25, 0.3) is 0 Å². The van der Waals surface area contributed by atoms with Crippen LogP contribution in [-0.2, 0) is 17.8 Å². The molecule has 0 spiro atoms. The van der Waals surface area contributed by atoms with Gasteiger partial charge in [0, 0.05) is 29.5 Å². The van der Waals surface area contributed by atoms with Gasteiger partial charge in [-0.05, 0) is 43.3 Å². The molecule has 0 radical (unpaired) electrons. The van der Waals surface area contributed by atoms with E-state index in [9.17, 15) is 4.79 Å². The summed E-state index contributed by atoms with van der Waals surface area (Å²) in [5, 5.41) is 5.79. The Morgan fingerprint density at radius 3 is 2.72 bits per heavy atom. The minimum Gasteiger partial charge on any atom is -0.497 e. The van der Waals surface area contributed by atoms with Crippen molar-refractivity contribution < 1.29 is 13.9 Å². The molecule has 130 valence electrons. The van der Waals surface area contributed by atoms with Gasteiger partial charge in [-0.3, -0.25) is 4.79 Å². The molecule has 5 nitrogen and oxygen atoms in total. The topological polar surface area (TPSA) is 64.4 Å². The fourth-order valence-electron chi connectivity index (χ4n) is 2.41. The van der Waals surface area contributed by atoms with Gasteiger partial charge in [-0.25, -0.2) is 4.98 Å². The van der Waals surface area contributed by atoms with Crippen LogP contribution < -0.4 is 10.1 Å². The highest BCUT2D eigenvalue weighted by atomic mass is 32.1. The third-order valence-corrected chi connectivity index (χ3v) is 4.70. The number of aryl methyl sites for hydroxylation is 2. The van der Waals surface area contributed by atoms with Crippen molar-refractivity contribution in [1.29, 1.82) is 0 Å². The Bertz CT molecular complexity index is 836. The summed E-state index contributed by atoms with van der Waals surface area (Å²) in [6, 6.07) is 11.5. The summed E-state index contributed by atoms with van der Waals surface area (Å²) in [5.74, 6) is 2.39. The SMILES string of the molecule is COc1ccc(-c2ccc(CCC(=O)NCc3nc(C)cs3)o2)cc1. The predicted octanol–water partition coefficient (Wildman–Crippen LogP) is 3.97. The van der Waals surface area contributed by atoms with Crippen molar-refractivity contribution in [2.75, 3.05) is 7.11 Å². The Balaban J connectivity index is 1.50. The van der Waals surface area contributed by atoms with Crippen LogP contribution in [0.1, 0.15) is 22.9 Å². The van der Waals surface area contributed by atoms with Crippen molar-refractivity contribution in [3.05, 3.63) is 58.2 Å². The van der Waals surface area contributed by atoms with E-state index in [0.717, 1.165) is 33.5 Å². The Kier molecular flexibility index (Phi) is 5.50. The number of nitrogens with one attached hydrogen (secondary N) is 1. The maximum Gasteiger partial charge on any atom is 0.220 e. The molecule has 25 heavy (non-hydrogen) atoms. The summed E-state index contributed by atoms with van der Waals surface area (Å²) < 4.78 is 11.0. The molecule has 6 heteroatoms. The average molecular weight is 356 g/mol. The lowest BCUT2D eigenvalue weighted by molar-refractivity contribution is -0.121. The predicted molar refractivity (Wildman–Crippen MR) is 97.7 cm³/mol. The van der Waals surface area contributed by atoms with E-state index in [1.807, 2.05) is 48.7 Å². The molecule has 3 aromatic rings. The van der Waals surface area contributed by atoms with E-state index in [2.05, 4.69) is 10.3 Å². The van der Waals surface area contributed by atoms with Crippen LogP contribution in [0.5, 0.6) is 5.75 Å². The highest BCUT2D eigenvalue weighted by Crippen LogP contribution is 2.25. The van der Waals surface area contributed by atoms with Gasteiger partial charge < -0.3 is 14.5 Å². The summed E-state index contributed by atoms with van der Waals surface area (Å²) in [7, 11) is 1.64. The number of amides is 1. The number of hydrogen-bond acceptors (Lipinski definition) is 5. The smallest absolute Gasteiger partial charge is 0.220 e. The summed E-state index contributed by atoms with van der Waals surface area (Å²) >= 11 is 1.56. The molecule has 0 bridgehead atoms. The number of thiazole rings is 1. The maximum atomic E-state index is 12.0. The molecule has 0 unspecified atom stereocenters. The second-order valence-corrected chi connectivity index (χ2v) is 6.60. The van der Waals surface area contributed by atoms with Crippen LogP contribution in [0.2, 0.25) is 0 Å². The molecule has 2 heterocycles. The van der Waals surface area contributed by atoms with Crippen LogP contribution >= 0.6 is 11.3 Å². The fraction of sp³-hybridized carbons (Fsp3) is 0.263. The third-order valence-electron chi connectivity index (χ3n) is 3.74. The quantitative estimate of drug-likeness (QED) is 0.696. The number of benzene rings is 1. The molecular weight excluding hydrogens is 336 g/mol. The number of aromatic nitrogens is 1. The second-order valence-electron chi connectivity index (χ2n) is 5.65. The number of methoxy groups -OCH3 is 1. The van der Waals surface area contributed by atoms with Gasteiger partial charge in [-0.15, -0.1) is 11.3 Å². The second kappa shape index (κ2) is 7.98. The molecule has 0 fully saturated rings. The van der Waals surface area contributed by atoms with Crippen LogP contribution in [0, 0.1) is 6.92 Å². The molecule has 1 aromatic carbocycles. The molecule has 1 amide bonds. The third kappa shape index (κ3) is 4.70. The molecule has 0 atom stereocenters. The maximum absolute atomic E-state index is 12.0. The van der Waals surface area contributed by atoms with Crippen molar-refractivity contribution >= 4 is 17.2 Å². The first-order valence-electron chi connectivity index (χ1n) is 8.05. The number of furan rings is 1. The summed E-state index contributed by atoms with van der Waals surface area (Å²) in [6.07, 6.45) is 0.957. The van der Waals surface area contributed by atoms with E-state index in [0.29, 0.717) is 19.4 Å². The van der Waals surface area contributed by atoms with Crippen molar-refractivity contribution in [1.82, 2.24) is 10.3 Å². The molecule has 0 aliphatic heterocycles. The van der Waals surface area contributed by atoms with Crippen LogP contribution in [0.15, 0.2) is 46.2 Å². The minimum atomic E-state index is -0.00440. The van der Waals surface area contributed by atoms with Crippen LogP contribution in [-0.4, -0.2) is 18.0 Å². The Hall–Kier alpha value is -2.60. The standard InChI is InChI=1S/C19H20N2O3S/c1-13-12-25-19(21-13)11-20-18(22)10-8-16-7-9-17(24-16)14-3-5-15(23-2)6-4-14/h3-7,9,12H,8,10-11H2,1-2H3,(H,20,22). The summed E-state index contributed by atoms with van der Waals surface area (Å²) in [5.41, 5.74) is 1.96. The Labute approximate surface area is 150 Å². The molecule has 0 saturated heterocycles. The van der Waals surface area contributed by atoms with E-state index < -0.39 is 0 Å². The van der Waals surface area contributed by atoms with E-state index in [1.54, 1.807) is 18.4 Å². The molecular formula is C19H20N2O3S. The lowest BCUT2D eigenvalue weighted by Crippen LogP contribution is -2.22. The summed E-state index contributed by atoms with van der Waals surface area (Å²) in [4.78, 5) is 16.3. The van der Waals surface area contributed by atoms with Gasteiger partial charge >= 0.3 is 0 Å². The van der Waals surface area contributed by atoms with E-state index in [1.165, 1.54) is 0 Å². The van der Waals surface area contributed by atoms with E-state index in [-0.39, 0.29) is 5.91 Å². The molecule has 1 N–H and O–H groups in total. The zero-order valence-corrected chi connectivity index (χ0v) is 15.1. The van der Waals surface area contributed by atoms with Crippen LogP contribution in [0.4, 0.5) is 0 Å². The lowest BCUT2D eigenvalue weighted by atomic mass is 10.2. The Morgan fingerprint density at radius 1 is 1.24 bits per heavy atom. The number of carbonyl (C=O) groups excluding carboxylic acids is 1. The van der Waals surface area contributed by atoms with Crippen molar-refractivity contribution in [2.45, 2.75) is 26.3 Å². The van der Waals surface area contributed by atoms with E-state index in [4.69, 9.17) is 9.15 Å². The molecule has 2 aromatic heterocycles. The van der Waals surface area contributed by atoms with Crippen molar-refractivity contribution in [2.24, 2.45) is 0 Å². The highest BCUT2D eigenvalue weighted by molar-refractivity contribution is 7.09. The molecule has 0 saturated carbocycles. The zero-order chi connectivity index (χ0) is 17.6. The zero-order valence-electron chi connectivity index (χ0n) is 14.2. The summed E-state index contributed by atoms with van der Waals surface area (Å²) in [6.45, 7) is 2.42. The number of nitrogens with zero attached hydrogens (tertiary/aromatic N) is 1. The highest BCUT2D eigenvalue weighted by Gasteiger charge is 2.08. The van der Waals surface area contributed by atoms with Gasteiger partial charge in [-0.2, -0.15) is 0 Å². The monoisotopic (exact) mass is 356 g/mol. The largest absolute Gasteiger partial charge is 0.497 e. The molecule has 3 rings (SSSR count). The Morgan fingerprint density at radius 2 is 2.04 bits per heavy atom. The van der Waals surface area contributed by atoms with Crippen LogP contribution in [0.25, 0.3) is 11.3 Å². The molecule has 0 aliphatic carbocycles. The van der Waals surface area contributed by atoms with Gasteiger partial charge in [-0.1, -0.05) is 0 Å². The molecule has 0 aliphatic rings. The normalized spacial score (nSPS) is 10.6. The first kappa shape index (κ1) is 17.2. The number of carbonyl (C=O) groups is 1.